The van der Waals surface area contributed by atoms with Crippen molar-refractivity contribution in [3.8, 4) is 0 Å². The molecule has 0 saturated carbocycles. The molecule has 2 unspecified atom stereocenters. The Morgan fingerprint density at radius 2 is 1.75 bits per heavy atom. The Morgan fingerprint density at radius 3 is 2.40 bits per heavy atom. The second-order valence-electron chi connectivity index (χ2n) is 7.23. The van der Waals surface area contributed by atoms with Crippen molar-refractivity contribution in [2.45, 2.75) is 59.0 Å². The van der Waals surface area contributed by atoms with Crippen LogP contribution in [-0.4, -0.2) is 24.0 Å². The Labute approximate surface area is 124 Å². The highest BCUT2D eigenvalue weighted by Gasteiger charge is 2.28. The van der Waals surface area contributed by atoms with E-state index >= 15 is 0 Å². The van der Waals surface area contributed by atoms with Crippen molar-refractivity contribution < 1.29 is 0 Å². The Hall–Kier alpha value is -0.860. The minimum absolute atomic E-state index is 0.108. The third-order valence-corrected chi connectivity index (χ3v) is 4.93. The maximum atomic E-state index is 6.50. The predicted molar refractivity (Wildman–Crippen MR) is 86.8 cm³/mol. The summed E-state index contributed by atoms with van der Waals surface area (Å²) in [5.74, 6) is 0. The fourth-order valence-corrected chi connectivity index (χ4v) is 3.15. The van der Waals surface area contributed by atoms with Gasteiger partial charge >= 0.3 is 0 Å². The van der Waals surface area contributed by atoms with Gasteiger partial charge in [0, 0.05) is 12.1 Å². The number of rotatable bonds is 3. The number of nitrogens with two attached hydrogens (primary N) is 1. The van der Waals surface area contributed by atoms with E-state index in [1.807, 2.05) is 0 Å². The molecule has 2 N–H and O–H groups in total. The minimum atomic E-state index is 0.108. The average molecular weight is 274 g/mol. The molecule has 1 aliphatic heterocycles. The van der Waals surface area contributed by atoms with Crippen LogP contribution >= 0.6 is 0 Å². The van der Waals surface area contributed by atoms with E-state index < -0.39 is 0 Å². The highest BCUT2D eigenvalue weighted by atomic mass is 15.2. The Balaban J connectivity index is 2.02. The van der Waals surface area contributed by atoms with Crippen LogP contribution in [0.25, 0.3) is 0 Å². The van der Waals surface area contributed by atoms with E-state index in [1.54, 1.807) is 0 Å². The fourth-order valence-electron chi connectivity index (χ4n) is 3.15. The van der Waals surface area contributed by atoms with Crippen LogP contribution in [-0.2, 0) is 0 Å². The first-order chi connectivity index (χ1) is 9.39. The van der Waals surface area contributed by atoms with Crippen LogP contribution in [0.4, 0.5) is 0 Å². The lowest BCUT2D eigenvalue weighted by atomic mass is 9.85. The molecule has 0 aliphatic carbocycles. The van der Waals surface area contributed by atoms with Gasteiger partial charge in [0.05, 0.1) is 0 Å². The first-order valence-corrected chi connectivity index (χ1v) is 7.95. The van der Waals surface area contributed by atoms with Gasteiger partial charge in [0.25, 0.3) is 0 Å². The highest BCUT2D eigenvalue weighted by molar-refractivity contribution is 5.24. The Morgan fingerprint density at radius 1 is 1.10 bits per heavy atom. The molecule has 1 aromatic carbocycles. The summed E-state index contributed by atoms with van der Waals surface area (Å²) in [6.45, 7) is 11.5. The molecule has 1 aromatic rings. The zero-order valence-corrected chi connectivity index (χ0v) is 13.5. The molecule has 2 atom stereocenters. The number of nitrogens with zero attached hydrogens (tertiary/aromatic N) is 1. The SMILES string of the molecule is Cc1ccc(C(N)C(C)N2CCCC(C)(C)CC2)cc1. The summed E-state index contributed by atoms with van der Waals surface area (Å²) < 4.78 is 0. The largest absolute Gasteiger partial charge is 0.323 e. The van der Waals surface area contributed by atoms with Crippen LogP contribution < -0.4 is 5.73 Å². The molecule has 2 heteroatoms. The Bertz CT molecular complexity index is 422. The van der Waals surface area contributed by atoms with Crippen molar-refractivity contribution >= 4 is 0 Å². The van der Waals surface area contributed by atoms with E-state index in [-0.39, 0.29) is 6.04 Å². The molecule has 0 aromatic heterocycles. The lowest BCUT2D eigenvalue weighted by Crippen LogP contribution is -2.41. The summed E-state index contributed by atoms with van der Waals surface area (Å²) in [4.78, 5) is 2.58. The van der Waals surface area contributed by atoms with Crippen molar-refractivity contribution in [2.75, 3.05) is 13.1 Å². The van der Waals surface area contributed by atoms with E-state index in [2.05, 4.69) is 56.9 Å². The molecule has 0 amide bonds. The molecule has 1 saturated heterocycles. The van der Waals surface area contributed by atoms with Crippen molar-refractivity contribution in [3.63, 3.8) is 0 Å². The summed E-state index contributed by atoms with van der Waals surface area (Å²) in [6.07, 6.45) is 3.89. The number of hydrogen-bond donors (Lipinski definition) is 1. The first kappa shape index (κ1) is 15.5. The van der Waals surface area contributed by atoms with Gasteiger partial charge in [-0.1, -0.05) is 43.7 Å². The van der Waals surface area contributed by atoms with Gasteiger partial charge in [-0.05, 0) is 57.2 Å². The molecular formula is C18H30N2. The average Bonchev–Trinajstić information content (AvgIpc) is 2.59. The van der Waals surface area contributed by atoms with Crippen molar-refractivity contribution in [2.24, 2.45) is 11.1 Å². The van der Waals surface area contributed by atoms with Crippen LogP contribution in [0, 0.1) is 12.3 Å². The quantitative estimate of drug-likeness (QED) is 0.906. The fraction of sp³-hybridized carbons (Fsp3) is 0.667. The molecular weight excluding hydrogens is 244 g/mol. The summed E-state index contributed by atoms with van der Waals surface area (Å²) in [6, 6.07) is 9.20. The third-order valence-electron chi connectivity index (χ3n) is 4.93. The van der Waals surface area contributed by atoms with Crippen LogP contribution in [0.15, 0.2) is 24.3 Å². The second kappa shape index (κ2) is 6.28. The molecule has 2 rings (SSSR count). The van der Waals surface area contributed by atoms with Gasteiger partial charge < -0.3 is 5.73 Å². The molecule has 0 bridgehead atoms. The highest BCUT2D eigenvalue weighted by Crippen LogP contribution is 2.31. The molecule has 1 fully saturated rings. The van der Waals surface area contributed by atoms with Gasteiger partial charge in [0.15, 0.2) is 0 Å². The van der Waals surface area contributed by atoms with Crippen LogP contribution in [0.5, 0.6) is 0 Å². The summed E-state index contributed by atoms with van der Waals surface area (Å²) in [7, 11) is 0. The van der Waals surface area contributed by atoms with Crippen molar-refractivity contribution in [3.05, 3.63) is 35.4 Å². The number of benzene rings is 1. The lowest BCUT2D eigenvalue weighted by molar-refractivity contribution is 0.183. The molecule has 1 aliphatic rings. The third kappa shape index (κ3) is 3.83. The zero-order chi connectivity index (χ0) is 14.8. The maximum Gasteiger partial charge on any atom is 0.0450 e. The van der Waals surface area contributed by atoms with Gasteiger partial charge in [0.2, 0.25) is 0 Å². The first-order valence-electron chi connectivity index (χ1n) is 7.95. The lowest BCUT2D eigenvalue weighted by Gasteiger charge is -2.33. The molecule has 0 radical (unpaired) electrons. The van der Waals surface area contributed by atoms with Gasteiger partial charge in [0.1, 0.15) is 0 Å². The molecule has 1 heterocycles. The van der Waals surface area contributed by atoms with Gasteiger partial charge in [-0.25, -0.2) is 0 Å². The molecule has 0 spiro atoms. The van der Waals surface area contributed by atoms with E-state index in [1.165, 1.54) is 43.5 Å². The summed E-state index contributed by atoms with van der Waals surface area (Å²) >= 11 is 0. The standard InChI is InChI=1S/C18H30N2/c1-14-6-8-16(9-7-14)17(19)15(2)20-12-5-10-18(3,4)11-13-20/h6-9,15,17H,5,10-13,19H2,1-4H3. The molecule has 112 valence electrons. The van der Waals surface area contributed by atoms with Crippen LogP contribution in [0.1, 0.15) is 57.2 Å². The maximum absolute atomic E-state index is 6.50. The summed E-state index contributed by atoms with van der Waals surface area (Å²) in [5.41, 5.74) is 9.54. The van der Waals surface area contributed by atoms with E-state index in [9.17, 15) is 0 Å². The molecule has 2 nitrogen and oxygen atoms in total. The predicted octanol–water partition coefficient (Wildman–Crippen LogP) is 3.90. The minimum Gasteiger partial charge on any atom is -0.323 e. The molecule has 20 heavy (non-hydrogen) atoms. The van der Waals surface area contributed by atoms with Crippen molar-refractivity contribution in [1.82, 2.24) is 4.90 Å². The van der Waals surface area contributed by atoms with Gasteiger partial charge in [-0.2, -0.15) is 0 Å². The second-order valence-corrected chi connectivity index (χ2v) is 7.23. The number of hydrogen-bond acceptors (Lipinski definition) is 2. The monoisotopic (exact) mass is 274 g/mol. The number of likely N-dealkylation sites (tertiary alicyclic amines) is 1. The van der Waals surface area contributed by atoms with Crippen LogP contribution in [0.2, 0.25) is 0 Å². The van der Waals surface area contributed by atoms with E-state index in [0.29, 0.717) is 11.5 Å². The van der Waals surface area contributed by atoms with Gasteiger partial charge in [-0.3, -0.25) is 4.90 Å². The van der Waals surface area contributed by atoms with E-state index in [0.717, 1.165) is 0 Å². The summed E-state index contributed by atoms with van der Waals surface area (Å²) in [5, 5.41) is 0. The number of aryl methyl sites for hydroxylation is 1. The van der Waals surface area contributed by atoms with Crippen molar-refractivity contribution in [1.29, 1.82) is 0 Å². The Kier molecular flexibility index (Phi) is 4.87. The zero-order valence-electron chi connectivity index (χ0n) is 13.5. The smallest absolute Gasteiger partial charge is 0.0450 e. The van der Waals surface area contributed by atoms with Gasteiger partial charge in [-0.15, -0.1) is 0 Å². The van der Waals surface area contributed by atoms with E-state index in [4.69, 9.17) is 5.73 Å². The normalized spacial score (nSPS) is 23.1. The van der Waals surface area contributed by atoms with Crippen LogP contribution in [0.3, 0.4) is 0 Å². The topological polar surface area (TPSA) is 29.3 Å².